The molecule has 1 fully saturated rings. The van der Waals surface area contributed by atoms with Gasteiger partial charge in [0.1, 0.15) is 10.9 Å². The molecule has 1 saturated heterocycles. The molecule has 0 spiro atoms. The summed E-state index contributed by atoms with van der Waals surface area (Å²) in [5.74, 6) is -4.92. The molecule has 2 aliphatic rings. The lowest BCUT2D eigenvalue weighted by atomic mass is 9.89. The zero-order valence-electron chi connectivity index (χ0n) is 55.0. The molecular formula is C66H94N10O14S. The minimum atomic E-state index is -4.98. The third-order valence-electron chi connectivity index (χ3n) is 17.1. The van der Waals surface area contributed by atoms with Crippen molar-refractivity contribution >= 4 is 74.7 Å². The molecule has 91 heavy (non-hydrogen) atoms. The Morgan fingerprint density at radius 2 is 1.41 bits per heavy atom. The average Bonchev–Trinajstić information content (AvgIpc) is 2.53. The molecule has 3 aromatic rings. The van der Waals surface area contributed by atoms with Crippen LogP contribution in [0, 0.1) is 23.7 Å². The number of anilines is 1. The quantitative estimate of drug-likeness (QED) is 0.0131. The predicted molar refractivity (Wildman–Crippen MR) is 345 cm³/mol. The minimum absolute atomic E-state index is 0.00228. The van der Waals surface area contributed by atoms with Gasteiger partial charge in [-0.1, -0.05) is 104 Å². The number of hydrogen-bond acceptors (Lipinski definition) is 15. The van der Waals surface area contributed by atoms with E-state index >= 15 is 0 Å². The summed E-state index contributed by atoms with van der Waals surface area (Å²) in [5, 5.41) is 15.9. The SMILES string of the molecule is CC[C@H](C)[C@@H]([C@@H](CC(=O)N1CCC[C@H]1[C@H](OC)[C@@H](C)C(=O)N[C@H](C)[C@@H](NC(=O)c1ccc(/C(C)=N\NC(=O)c2ccc(NC(=O)CCCCCN3C(=O)C=CC3=O)cc2S(=O)(=O)O)cc1)c1ccccc1)OC)N(C)C(=O)[C@@H](NC(=O)[C@H](C(C)C)N(C)C)C(C)C. The van der Waals surface area contributed by atoms with Crippen LogP contribution < -0.4 is 26.7 Å². The van der Waals surface area contributed by atoms with Crippen molar-refractivity contribution in [2.24, 2.45) is 28.8 Å². The smallest absolute Gasteiger partial charge is 0.295 e. The number of nitrogens with one attached hydrogen (secondary N) is 5. The summed E-state index contributed by atoms with van der Waals surface area (Å²) in [4.78, 5) is 126. The number of nitrogens with zero attached hydrogens (tertiary/aromatic N) is 5. The van der Waals surface area contributed by atoms with Crippen LogP contribution in [-0.2, 0) is 53.2 Å². The Kier molecular flexibility index (Phi) is 27.7. The average molecular weight is 1280 g/mol. The predicted octanol–water partition coefficient (Wildman–Crippen LogP) is 6.13. The van der Waals surface area contributed by atoms with Gasteiger partial charge in [-0.05, 0) is 113 Å². The van der Waals surface area contributed by atoms with E-state index in [1.54, 1.807) is 61.9 Å². The third kappa shape index (κ3) is 19.9. The standard InChI is InChI=1S/C66H94N10O14S/c1-15-41(6)60(74(12)66(85)57(39(2)3)69-65(84)59(40(4)5)73(10)11)51(89-13)38-56(80)75-36-22-25-50(75)61(90-14)42(7)62(81)67-44(9)58(46-23-18-16-19-24-46)70-63(82)47-29-27-45(28-30-47)43(8)71-72-64(83)49-32-31-48(37-52(49)91(86,87)88)68-53(77)26-20-17-21-35-76-54(78)33-34-55(76)79/h16,18-19,23-24,27-34,37,39-42,44,50-51,57-61H,15,17,20-22,25-26,35-36,38H2,1-14H3,(H,67,81)(H,68,77)(H,69,84)(H,70,82)(H,72,83)(H,86,87,88)/b71-43-/t41-,42+,44+,50-,51+,57-,58+,59-,60-,61+/m0/s1. The molecule has 0 aromatic heterocycles. The number of hydrazone groups is 1. The second-order valence-corrected chi connectivity index (χ2v) is 25.9. The fourth-order valence-corrected chi connectivity index (χ4v) is 12.7. The number of carbonyl (C=O) groups is 9. The highest BCUT2D eigenvalue weighted by molar-refractivity contribution is 7.86. The van der Waals surface area contributed by atoms with Crippen LogP contribution in [0.25, 0.3) is 0 Å². The van der Waals surface area contributed by atoms with E-state index in [4.69, 9.17) is 9.47 Å². The Labute approximate surface area is 535 Å². The molecule has 0 unspecified atom stereocenters. The van der Waals surface area contributed by atoms with Gasteiger partial charge in [0.2, 0.25) is 29.5 Å². The summed E-state index contributed by atoms with van der Waals surface area (Å²) < 4.78 is 47.2. The highest BCUT2D eigenvalue weighted by Gasteiger charge is 2.44. The van der Waals surface area contributed by atoms with E-state index in [0.29, 0.717) is 56.2 Å². The number of unbranched alkanes of at least 4 members (excludes halogenated alkanes) is 2. The molecule has 3 aromatic carbocycles. The van der Waals surface area contributed by atoms with Crippen molar-refractivity contribution in [3.8, 4) is 0 Å². The van der Waals surface area contributed by atoms with E-state index in [1.807, 2.05) is 90.9 Å². The Morgan fingerprint density at radius 1 is 0.769 bits per heavy atom. The summed E-state index contributed by atoms with van der Waals surface area (Å²) in [7, 11) is 3.43. The van der Waals surface area contributed by atoms with Crippen molar-refractivity contribution < 1.29 is 65.6 Å². The maximum atomic E-state index is 14.6. The van der Waals surface area contributed by atoms with Gasteiger partial charge >= 0.3 is 0 Å². The molecule has 2 heterocycles. The van der Waals surface area contributed by atoms with E-state index in [9.17, 15) is 56.1 Å². The van der Waals surface area contributed by atoms with Gasteiger partial charge < -0.3 is 40.5 Å². The number of methoxy groups -OCH3 is 2. The lowest BCUT2D eigenvalue weighted by Crippen LogP contribution is -2.59. The molecule has 9 amide bonds. The summed E-state index contributed by atoms with van der Waals surface area (Å²) in [6.45, 7) is 17.4. The molecule has 0 saturated carbocycles. The van der Waals surface area contributed by atoms with Crippen molar-refractivity contribution in [3.05, 3.63) is 107 Å². The van der Waals surface area contributed by atoms with Crippen LogP contribution >= 0.6 is 0 Å². The van der Waals surface area contributed by atoms with Crippen LogP contribution in [-0.4, -0.2) is 182 Å². The summed E-state index contributed by atoms with van der Waals surface area (Å²) >= 11 is 0. The molecule has 10 atom stereocenters. The first-order valence-corrected chi connectivity index (χ1v) is 32.5. The van der Waals surface area contributed by atoms with Crippen LogP contribution in [0.5, 0.6) is 0 Å². The maximum Gasteiger partial charge on any atom is 0.295 e. The molecular weight excluding hydrogens is 1190 g/mol. The number of carbonyl (C=O) groups excluding carboxylic acids is 9. The Morgan fingerprint density at radius 3 is 1.98 bits per heavy atom. The lowest BCUT2D eigenvalue weighted by Gasteiger charge is -2.41. The van der Waals surface area contributed by atoms with E-state index in [0.717, 1.165) is 17.0 Å². The monoisotopic (exact) mass is 1280 g/mol. The molecule has 0 radical (unpaired) electrons. The number of amides is 9. The molecule has 0 bridgehead atoms. The Hall–Kier alpha value is -7.71. The van der Waals surface area contributed by atoms with E-state index in [2.05, 4.69) is 31.8 Å². The van der Waals surface area contributed by atoms with Gasteiger partial charge in [-0.3, -0.25) is 57.5 Å². The summed E-state index contributed by atoms with van der Waals surface area (Å²) in [5.41, 5.74) is 3.56. The van der Waals surface area contributed by atoms with Gasteiger partial charge in [-0.25, -0.2) is 5.43 Å². The highest BCUT2D eigenvalue weighted by atomic mass is 32.2. The first-order valence-electron chi connectivity index (χ1n) is 31.1. The largest absolute Gasteiger partial charge is 0.379 e. The molecule has 25 heteroatoms. The molecule has 6 N–H and O–H groups in total. The highest BCUT2D eigenvalue weighted by Crippen LogP contribution is 2.31. The van der Waals surface area contributed by atoms with Crippen LogP contribution in [0.4, 0.5) is 5.69 Å². The van der Waals surface area contributed by atoms with Gasteiger partial charge in [0.05, 0.1) is 66.0 Å². The van der Waals surface area contributed by atoms with E-state index in [-0.39, 0.29) is 77.7 Å². The first-order chi connectivity index (χ1) is 42.9. The van der Waals surface area contributed by atoms with Crippen molar-refractivity contribution in [3.63, 3.8) is 0 Å². The van der Waals surface area contributed by atoms with Gasteiger partial charge in [-0.2, -0.15) is 13.5 Å². The second-order valence-electron chi connectivity index (χ2n) is 24.6. The van der Waals surface area contributed by atoms with Gasteiger partial charge in [0.25, 0.3) is 33.7 Å². The summed E-state index contributed by atoms with van der Waals surface area (Å²) in [6, 6.07) is 15.1. The van der Waals surface area contributed by atoms with Gasteiger partial charge in [-0.15, -0.1) is 0 Å². The maximum absolute atomic E-state index is 14.6. The Balaban J connectivity index is 1.22. The van der Waals surface area contributed by atoms with Crippen molar-refractivity contribution in [2.45, 2.75) is 167 Å². The number of likely N-dealkylation sites (N-methyl/N-ethyl adjacent to an activating group) is 2. The van der Waals surface area contributed by atoms with Gasteiger partial charge in [0.15, 0.2) is 0 Å². The van der Waals surface area contributed by atoms with Gasteiger partial charge in [0, 0.05) is 64.2 Å². The second kappa shape index (κ2) is 34.1. The number of rotatable bonds is 33. The minimum Gasteiger partial charge on any atom is -0.379 e. The number of ether oxygens (including phenoxy) is 2. The zero-order chi connectivity index (χ0) is 67.6. The molecule has 0 aliphatic carbocycles. The lowest BCUT2D eigenvalue weighted by molar-refractivity contribution is -0.148. The summed E-state index contributed by atoms with van der Waals surface area (Å²) in [6.07, 6.45) is 4.26. The van der Waals surface area contributed by atoms with Crippen molar-refractivity contribution in [1.29, 1.82) is 0 Å². The first kappa shape index (κ1) is 74.0. The molecule has 24 nitrogen and oxygen atoms in total. The fraction of sp³-hybridized carbons (Fsp3) is 0.545. The van der Waals surface area contributed by atoms with Crippen LogP contribution in [0.15, 0.2) is 94.9 Å². The molecule has 2 aliphatic heterocycles. The van der Waals surface area contributed by atoms with Crippen molar-refractivity contribution in [1.82, 2.24) is 41.0 Å². The number of likely N-dealkylation sites (tertiary alicyclic amines) is 1. The topological polar surface area (TPSA) is 312 Å². The normalized spacial score (nSPS) is 17.4. The van der Waals surface area contributed by atoms with Crippen LogP contribution in [0.1, 0.15) is 152 Å². The van der Waals surface area contributed by atoms with Crippen LogP contribution in [0.3, 0.4) is 0 Å². The van der Waals surface area contributed by atoms with Crippen molar-refractivity contribution in [2.75, 3.05) is 53.8 Å². The third-order valence-corrected chi connectivity index (χ3v) is 18.0. The number of benzene rings is 3. The fourth-order valence-electron chi connectivity index (χ4n) is 12.0. The molecule has 498 valence electrons. The van der Waals surface area contributed by atoms with E-state index in [1.165, 1.54) is 32.4 Å². The Bertz CT molecular complexity index is 3200. The molecule has 5 rings (SSSR count). The van der Waals surface area contributed by atoms with Crippen LogP contribution in [0.2, 0.25) is 0 Å². The zero-order valence-corrected chi connectivity index (χ0v) is 55.8. The number of hydrogen-bond donors (Lipinski definition) is 6. The number of imide groups is 1. The van der Waals surface area contributed by atoms with E-state index < -0.39 is 104 Å².